The highest BCUT2D eigenvalue weighted by Crippen LogP contribution is 2.36. The van der Waals surface area contributed by atoms with E-state index < -0.39 is 17.6 Å². The van der Waals surface area contributed by atoms with E-state index in [1.165, 1.54) is 12.4 Å². The average Bonchev–Trinajstić information content (AvgIpc) is 3.32. The predicted molar refractivity (Wildman–Crippen MR) is 142 cm³/mol. The van der Waals surface area contributed by atoms with Gasteiger partial charge in [-0.3, -0.25) is 0 Å². The van der Waals surface area contributed by atoms with E-state index in [1.807, 2.05) is 30.5 Å². The first kappa shape index (κ1) is 28.3. The Bertz CT molecular complexity index is 1300. The van der Waals surface area contributed by atoms with Crippen LogP contribution in [0.3, 0.4) is 0 Å². The molecule has 0 atom stereocenters. The lowest BCUT2D eigenvalue weighted by molar-refractivity contribution is -0.139. The Morgan fingerprint density at radius 2 is 1.92 bits per heavy atom. The lowest BCUT2D eigenvalue weighted by Crippen LogP contribution is -2.35. The number of halogens is 4. The molecule has 39 heavy (non-hydrogen) atoms. The van der Waals surface area contributed by atoms with Gasteiger partial charge >= 0.3 is 6.18 Å². The molecule has 4 rings (SSSR count). The van der Waals surface area contributed by atoms with Crippen molar-refractivity contribution in [3.05, 3.63) is 59.8 Å². The third-order valence-corrected chi connectivity index (χ3v) is 6.71. The molecule has 210 valence electrons. The Kier molecular flexibility index (Phi) is 8.73. The number of ether oxygens (including phenoxy) is 1. The first-order valence-corrected chi connectivity index (χ1v) is 12.8. The first-order valence-electron chi connectivity index (χ1n) is 12.8. The van der Waals surface area contributed by atoms with Crippen molar-refractivity contribution in [1.82, 2.24) is 24.4 Å². The minimum Gasteiger partial charge on any atom is -0.501 e. The molecule has 0 bridgehead atoms. The maximum Gasteiger partial charge on any atom is 0.419 e. The van der Waals surface area contributed by atoms with E-state index in [0.29, 0.717) is 43.3 Å². The first-order chi connectivity index (χ1) is 18.6. The number of aromatic nitrogens is 4. The van der Waals surface area contributed by atoms with Gasteiger partial charge in [0.1, 0.15) is 29.6 Å². The predicted octanol–water partition coefficient (Wildman–Crippen LogP) is 5.03. The van der Waals surface area contributed by atoms with Gasteiger partial charge in [0.05, 0.1) is 29.7 Å². The fourth-order valence-corrected chi connectivity index (χ4v) is 4.66. The van der Waals surface area contributed by atoms with Crippen LogP contribution in [-0.4, -0.2) is 64.8 Å². The van der Waals surface area contributed by atoms with Gasteiger partial charge in [0, 0.05) is 43.9 Å². The summed E-state index contributed by atoms with van der Waals surface area (Å²) >= 11 is 0. The molecular formula is C27H33F4N7O. The van der Waals surface area contributed by atoms with Crippen molar-refractivity contribution in [1.29, 1.82) is 0 Å². The van der Waals surface area contributed by atoms with Gasteiger partial charge in [0.25, 0.3) is 0 Å². The molecule has 0 amide bonds. The smallest absolute Gasteiger partial charge is 0.419 e. The molecule has 1 saturated heterocycles. The summed E-state index contributed by atoms with van der Waals surface area (Å²) in [5, 5.41) is 0. The van der Waals surface area contributed by atoms with Crippen molar-refractivity contribution < 1.29 is 22.3 Å². The largest absolute Gasteiger partial charge is 0.501 e. The van der Waals surface area contributed by atoms with Gasteiger partial charge in [-0.15, -0.1) is 0 Å². The number of piperidine rings is 1. The Morgan fingerprint density at radius 1 is 1.18 bits per heavy atom. The number of rotatable bonds is 9. The summed E-state index contributed by atoms with van der Waals surface area (Å²) in [5.41, 5.74) is 6.13. The van der Waals surface area contributed by atoms with E-state index >= 15 is 0 Å². The zero-order valence-corrected chi connectivity index (χ0v) is 22.2. The highest BCUT2D eigenvalue weighted by atomic mass is 19.4. The minimum atomic E-state index is -4.79. The van der Waals surface area contributed by atoms with Crippen LogP contribution in [-0.2, 0) is 17.5 Å². The molecule has 8 nitrogen and oxygen atoms in total. The highest BCUT2D eigenvalue weighted by Gasteiger charge is 2.35. The third kappa shape index (κ3) is 6.67. The summed E-state index contributed by atoms with van der Waals surface area (Å²) in [7, 11) is 3.91. The van der Waals surface area contributed by atoms with Crippen LogP contribution in [0.2, 0.25) is 0 Å². The second-order valence-corrected chi connectivity index (χ2v) is 9.69. The molecule has 2 aromatic heterocycles. The maximum absolute atomic E-state index is 13.9. The van der Waals surface area contributed by atoms with Gasteiger partial charge in [0.15, 0.2) is 0 Å². The average molecular weight is 548 g/mol. The molecule has 12 heteroatoms. The lowest BCUT2D eigenvalue weighted by atomic mass is 9.95. The van der Waals surface area contributed by atoms with Crippen LogP contribution < -0.4 is 10.6 Å². The molecular weight excluding hydrogens is 514 g/mol. The van der Waals surface area contributed by atoms with Crippen LogP contribution in [0.1, 0.15) is 42.6 Å². The van der Waals surface area contributed by atoms with Gasteiger partial charge in [-0.05, 0) is 58.1 Å². The number of benzene rings is 1. The summed E-state index contributed by atoms with van der Waals surface area (Å²) in [6.45, 7) is 5.14. The van der Waals surface area contributed by atoms with Crippen molar-refractivity contribution in [3.63, 3.8) is 0 Å². The van der Waals surface area contributed by atoms with E-state index in [2.05, 4.69) is 14.9 Å². The van der Waals surface area contributed by atoms with Crippen LogP contribution in [0.4, 0.5) is 29.2 Å². The number of alkyl halides is 3. The standard InChI is InChI=1S/C27H33F4N7O/c1-4-39-14-9-20-24(32)33-17-34-26(20)37-10-7-18(8-11-37)25-35-23(16-38(25)13-12-36(2)3)19-5-6-22(28)21(15-19)27(29,30)31/h5-6,9,14-18H,4,7-8,10-13H2,1-3H3,(H2,32,33,34). The van der Waals surface area contributed by atoms with E-state index in [9.17, 15) is 17.6 Å². The zero-order valence-electron chi connectivity index (χ0n) is 22.2. The van der Waals surface area contributed by atoms with Gasteiger partial charge in [-0.25, -0.2) is 19.3 Å². The second-order valence-electron chi connectivity index (χ2n) is 9.69. The molecule has 3 heterocycles. The topological polar surface area (TPSA) is 85.3 Å². The van der Waals surface area contributed by atoms with E-state index in [1.54, 1.807) is 18.5 Å². The number of nitrogens with two attached hydrogens (primary N) is 1. The van der Waals surface area contributed by atoms with Crippen molar-refractivity contribution in [2.75, 3.05) is 51.0 Å². The Balaban J connectivity index is 1.59. The molecule has 1 aromatic carbocycles. The van der Waals surface area contributed by atoms with Gasteiger partial charge in [0.2, 0.25) is 0 Å². The molecule has 0 saturated carbocycles. The number of imidazole rings is 1. The SMILES string of the molecule is CCOC=Cc1c(N)ncnc1N1CCC(c2nc(-c3ccc(F)c(C(F)(F)F)c3)cn2CCN(C)C)CC1. The molecule has 0 radical (unpaired) electrons. The Labute approximate surface area is 225 Å². The van der Waals surface area contributed by atoms with Crippen molar-refractivity contribution >= 4 is 17.7 Å². The van der Waals surface area contributed by atoms with Gasteiger partial charge < -0.3 is 24.8 Å². The van der Waals surface area contributed by atoms with Crippen LogP contribution in [0.25, 0.3) is 17.3 Å². The quantitative estimate of drug-likeness (QED) is 0.297. The maximum atomic E-state index is 13.9. The van der Waals surface area contributed by atoms with Gasteiger partial charge in [-0.2, -0.15) is 13.2 Å². The molecule has 3 aromatic rings. The molecule has 1 aliphatic heterocycles. The van der Waals surface area contributed by atoms with E-state index in [0.717, 1.165) is 43.2 Å². The van der Waals surface area contributed by atoms with Crippen molar-refractivity contribution in [3.8, 4) is 11.3 Å². The van der Waals surface area contributed by atoms with Crippen molar-refractivity contribution in [2.24, 2.45) is 0 Å². The normalized spacial score (nSPS) is 15.0. The number of nitrogen functional groups attached to an aromatic ring is 1. The molecule has 0 aliphatic carbocycles. The second kappa shape index (κ2) is 12.0. The van der Waals surface area contributed by atoms with Crippen LogP contribution >= 0.6 is 0 Å². The number of hydrogen-bond acceptors (Lipinski definition) is 7. The Morgan fingerprint density at radius 3 is 2.59 bits per heavy atom. The van der Waals surface area contributed by atoms with Crippen LogP contribution in [0, 0.1) is 5.82 Å². The summed E-state index contributed by atoms with van der Waals surface area (Å²) in [6, 6.07) is 3.02. The summed E-state index contributed by atoms with van der Waals surface area (Å²) in [5.74, 6) is 0.676. The minimum absolute atomic E-state index is 0.0845. The van der Waals surface area contributed by atoms with Gasteiger partial charge in [-0.1, -0.05) is 0 Å². The molecule has 0 unspecified atom stereocenters. The monoisotopic (exact) mass is 547 g/mol. The number of nitrogens with zero attached hydrogens (tertiary/aromatic N) is 6. The van der Waals surface area contributed by atoms with Crippen LogP contribution in [0.15, 0.2) is 37.0 Å². The molecule has 0 spiro atoms. The number of likely N-dealkylation sites (N-methyl/N-ethyl adjacent to an activating group) is 1. The zero-order chi connectivity index (χ0) is 28.2. The fourth-order valence-electron chi connectivity index (χ4n) is 4.66. The number of anilines is 2. The summed E-state index contributed by atoms with van der Waals surface area (Å²) in [4.78, 5) is 17.5. The fraction of sp³-hybridized carbons (Fsp3) is 0.444. The van der Waals surface area contributed by atoms with Crippen LogP contribution in [0.5, 0.6) is 0 Å². The summed E-state index contributed by atoms with van der Waals surface area (Å²) in [6.07, 6.45) is 3.27. The molecule has 2 N–H and O–H groups in total. The molecule has 1 fully saturated rings. The highest BCUT2D eigenvalue weighted by molar-refractivity contribution is 5.72. The third-order valence-electron chi connectivity index (χ3n) is 6.71. The van der Waals surface area contributed by atoms with Crippen molar-refractivity contribution in [2.45, 2.75) is 38.4 Å². The van der Waals surface area contributed by atoms with E-state index in [4.69, 9.17) is 15.5 Å². The summed E-state index contributed by atoms with van der Waals surface area (Å²) < 4.78 is 61.3. The molecule has 1 aliphatic rings. The Hall–Kier alpha value is -3.67. The number of hydrogen-bond donors (Lipinski definition) is 1. The lowest BCUT2D eigenvalue weighted by Gasteiger charge is -2.33. The van der Waals surface area contributed by atoms with E-state index in [-0.39, 0.29) is 11.5 Å².